The Morgan fingerprint density at radius 2 is 1.97 bits per heavy atom. The lowest BCUT2D eigenvalue weighted by Crippen LogP contribution is -2.12. The third-order valence-corrected chi connectivity index (χ3v) is 5.96. The number of rotatable bonds is 8. The van der Waals surface area contributed by atoms with E-state index in [1.807, 2.05) is 6.92 Å². The maximum absolute atomic E-state index is 14.8. The summed E-state index contributed by atoms with van der Waals surface area (Å²) in [4.78, 5) is 28.0. The Balaban J connectivity index is 1.81. The summed E-state index contributed by atoms with van der Waals surface area (Å²) in [5.41, 5.74) is 1.62. The van der Waals surface area contributed by atoms with Crippen molar-refractivity contribution >= 4 is 57.6 Å². The average Bonchev–Trinajstić information content (AvgIpc) is 3.23. The van der Waals surface area contributed by atoms with Gasteiger partial charge in [-0.05, 0) is 38.1 Å². The molecule has 2 N–H and O–H groups in total. The van der Waals surface area contributed by atoms with E-state index in [9.17, 15) is 14.0 Å². The number of halogens is 3. The van der Waals surface area contributed by atoms with Crippen molar-refractivity contribution < 1.29 is 23.8 Å². The number of aromatic nitrogens is 1. The number of thiazole rings is 1. The Morgan fingerprint density at radius 3 is 2.61 bits per heavy atom. The number of hydrogen-bond donors (Lipinski definition) is 2. The summed E-state index contributed by atoms with van der Waals surface area (Å²) in [6, 6.07) is 7.74. The first-order valence-electron chi connectivity index (χ1n) is 9.74. The lowest BCUT2D eigenvalue weighted by Gasteiger charge is -2.08. The van der Waals surface area contributed by atoms with Gasteiger partial charge in [0, 0.05) is 39.8 Å². The van der Waals surface area contributed by atoms with E-state index in [2.05, 4.69) is 10.3 Å². The van der Waals surface area contributed by atoms with E-state index >= 15 is 0 Å². The maximum Gasteiger partial charge on any atom is 0.331 e. The van der Waals surface area contributed by atoms with Gasteiger partial charge in [0.1, 0.15) is 5.82 Å². The summed E-state index contributed by atoms with van der Waals surface area (Å²) in [6.07, 6.45) is 1.33. The third-order valence-electron chi connectivity index (χ3n) is 4.58. The average molecular weight is 509 g/mol. The Morgan fingerprint density at radius 1 is 1.27 bits per heavy atom. The summed E-state index contributed by atoms with van der Waals surface area (Å²) in [5, 5.41) is 13.8. The lowest BCUT2D eigenvalue weighted by molar-refractivity contribution is -0.132. The van der Waals surface area contributed by atoms with Crippen LogP contribution in [-0.2, 0) is 16.1 Å². The highest BCUT2D eigenvalue weighted by atomic mass is 35.5. The molecule has 0 saturated carbocycles. The standard InChI is InChI=1S/C23H19Cl2FN2O4S/c1-3-32-10-13-5-4-6-15(20(13)26)19-11-33-23(27-19)28-21(29)14-8-17(24)16(18(25)9-14)7-12(2)22(30)31/h4-9,11H,3,10H2,1-2H3,(H,30,31)(H,27,28,29). The molecule has 3 rings (SSSR count). The van der Waals surface area contributed by atoms with Gasteiger partial charge in [0.05, 0.1) is 22.3 Å². The number of amides is 1. The first-order chi connectivity index (χ1) is 15.7. The second-order valence-electron chi connectivity index (χ2n) is 6.89. The molecule has 6 nitrogen and oxygen atoms in total. The van der Waals surface area contributed by atoms with E-state index < -0.39 is 17.7 Å². The molecule has 2 aromatic carbocycles. The van der Waals surface area contributed by atoms with Crippen LogP contribution in [0.1, 0.15) is 35.3 Å². The molecule has 0 atom stereocenters. The van der Waals surface area contributed by atoms with Gasteiger partial charge in [-0.2, -0.15) is 0 Å². The monoisotopic (exact) mass is 508 g/mol. The number of anilines is 1. The maximum atomic E-state index is 14.8. The minimum atomic E-state index is -1.11. The minimum absolute atomic E-state index is 0.0453. The molecular weight excluding hydrogens is 490 g/mol. The van der Waals surface area contributed by atoms with Crippen LogP contribution in [0.15, 0.2) is 41.3 Å². The predicted octanol–water partition coefficient (Wildman–Crippen LogP) is 6.53. The van der Waals surface area contributed by atoms with Crippen LogP contribution in [0.3, 0.4) is 0 Å². The van der Waals surface area contributed by atoms with Gasteiger partial charge in [-0.25, -0.2) is 14.2 Å². The van der Waals surface area contributed by atoms with Crippen LogP contribution in [0.25, 0.3) is 17.3 Å². The fourth-order valence-corrected chi connectivity index (χ4v) is 4.16. The van der Waals surface area contributed by atoms with Gasteiger partial charge in [-0.1, -0.05) is 35.3 Å². The number of hydrogen-bond acceptors (Lipinski definition) is 5. The zero-order valence-electron chi connectivity index (χ0n) is 17.6. The Bertz CT molecular complexity index is 1220. The molecule has 1 amide bonds. The normalized spacial score (nSPS) is 11.5. The number of nitrogens with one attached hydrogen (secondary N) is 1. The Kier molecular flexibility index (Phi) is 8.20. The Hall–Kier alpha value is -2.78. The van der Waals surface area contributed by atoms with Crippen LogP contribution in [-0.4, -0.2) is 28.6 Å². The molecule has 0 aliphatic heterocycles. The molecule has 0 aliphatic rings. The number of carboxylic acid groups (broad SMARTS) is 1. The molecule has 1 heterocycles. The molecule has 0 radical (unpaired) electrons. The van der Waals surface area contributed by atoms with E-state index in [-0.39, 0.29) is 32.9 Å². The summed E-state index contributed by atoms with van der Waals surface area (Å²) in [5.74, 6) is -2.05. The number of nitrogens with zero attached hydrogens (tertiary/aromatic N) is 1. The smallest absolute Gasteiger partial charge is 0.331 e. The second-order valence-corrected chi connectivity index (χ2v) is 8.57. The van der Waals surface area contributed by atoms with Crippen LogP contribution < -0.4 is 5.32 Å². The van der Waals surface area contributed by atoms with Crippen molar-refractivity contribution in [2.24, 2.45) is 0 Å². The van der Waals surface area contributed by atoms with Crippen molar-refractivity contribution in [2.75, 3.05) is 11.9 Å². The molecule has 0 spiro atoms. The van der Waals surface area contributed by atoms with Crippen molar-refractivity contribution in [1.82, 2.24) is 4.98 Å². The van der Waals surface area contributed by atoms with Gasteiger partial charge in [-0.3, -0.25) is 10.1 Å². The summed E-state index contributed by atoms with van der Waals surface area (Å²) in [7, 11) is 0. The van der Waals surface area contributed by atoms with Gasteiger partial charge in [0.25, 0.3) is 5.91 Å². The van der Waals surface area contributed by atoms with Crippen LogP contribution in [0.5, 0.6) is 0 Å². The summed E-state index contributed by atoms with van der Waals surface area (Å²) >= 11 is 13.6. The molecule has 172 valence electrons. The highest BCUT2D eigenvalue weighted by molar-refractivity contribution is 7.14. The second kappa shape index (κ2) is 10.9. The van der Waals surface area contributed by atoms with Gasteiger partial charge in [0.15, 0.2) is 5.13 Å². The first kappa shape index (κ1) is 24.9. The van der Waals surface area contributed by atoms with E-state index in [1.54, 1.807) is 23.6 Å². The number of carbonyl (C=O) groups is 2. The zero-order chi connectivity index (χ0) is 24.1. The van der Waals surface area contributed by atoms with Crippen molar-refractivity contribution in [3.8, 4) is 11.3 Å². The molecule has 0 bridgehead atoms. The molecule has 0 fully saturated rings. The van der Waals surface area contributed by atoms with E-state index in [0.29, 0.717) is 29.0 Å². The molecule has 10 heteroatoms. The van der Waals surface area contributed by atoms with Crippen molar-refractivity contribution in [3.05, 3.63) is 73.8 Å². The first-order valence-corrected chi connectivity index (χ1v) is 11.4. The van der Waals surface area contributed by atoms with Gasteiger partial charge < -0.3 is 9.84 Å². The highest BCUT2D eigenvalue weighted by Gasteiger charge is 2.17. The van der Waals surface area contributed by atoms with Crippen molar-refractivity contribution in [2.45, 2.75) is 20.5 Å². The summed E-state index contributed by atoms with van der Waals surface area (Å²) < 4.78 is 20.1. The van der Waals surface area contributed by atoms with E-state index in [1.165, 1.54) is 25.1 Å². The molecule has 0 saturated heterocycles. The lowest BCUT2D eigenvalue weighted by atomic mass is 10.1. The topological polar surface area (TPSA) is 88.5 Å². The number of ether oxygens (including phenoxy) is 1. The predicted molar refractivity (Wildman–Crippen MR) is 129 cm³/mol. The quantitative estimate of drug-likeness (QED) is 0.337. The molecule has 1 aromatic heterocycles. The van der Waals surface area contributed by atoms with E-state index in [0.717, 1.165) is 11.3 Å². The van der Waals surface area contributed by atoms with Crippen LogP contribution in [0.2, 0.25) is 10.0 Å². The fraction of sp³-hybridized carbons (Fsp3) is 0.174. The number of aliphatic carboxylic acids is 1. The minimum Gasteiger partial charge on any atom is -0.478 e. The molecule has 3 aromatic rings. The van der Waals surface area contributed by atoms with Gasteiger partial charge >= 0.3 is 5.97 Å². The molecule has 0 unspecified atom stereocenters. The number of carbonyl (C=O) groups excluding carboxylic acids is 1. The van der Waals surface area contributed by atoms with E-state index in [4.69, 9.17) is 33.0 Å². The van der Waals surface area contributed by atoms with Crippen LogP contribution >= 0.6 is 34.5 Å². The van der Waals surface area contributed by atoms with Crippen LogP contribution in [0, 0.1) is 5.82 Å². The van der Waals surface area contributed by atoms with Gasteiger partial charge in [-0.15, -0.1) is 11.3 Å². The van der Waals surface area contributed by atoms with Crippen molar-refractivity contribution in [3.63, 3.8) is 0 Å². The largest absolute Gasteiger partial charge is 0.478 e. The SMILES string of the molecule is CCOCc1cccc(-c2csc(NC(=O)c3cc(Cl)c(C=C(C)C(=O)O)c(Cl)c3)n2)c1F. The molecular formula is C23H19Cl2FN2O4S. The Labute approximate surface area is 203 Å². The van der Waals surface area contributed by atoms with Gasteiger partial charge in [0.2, 0.25) is 0 Å². The zero-order valence-corrected chi connectivity index (χ0v) is 19.9. The van der Waals surface area contributed by atoms with Crippen LogP contribution in [0.4, 0.5) is 9.52 Å². The number of carboxylic acids is 1. The molecule has 0 aliphatic carbocycles. The number of benzene rings is 2. The molecule has 33 heavy (non-hydrogen) atoms. The fourth-order valence-electron chi connectivity index (χ4n) is 2.86. The third kappa shape index (κ3) is 5.97. The summed E-state index contributed by atoms with van der Waals surface area (Å²) in [6.45, 7) is 3.87. The van der Waals surface area contributed by atoms with Crippen molar-refractivity contribution in [1.29, 1.82) is 0 Å². The highest BCUT2D eigenvalue weighted by Crippen LogP contribution is 2.31.